The van der Waals surface area contributed by atoms with Crippen LogP contribution in [0.3, 0.4) is 0 Å². The zero-order valence-electron chi connectivity index (χ0n) is 20.2. The Morgan fingerprint density at radius 2 is 1.85 bits per heavy atom. The average molecular weight is 482 g/mol. The summed E-state index contributed by atoms with van der Waals surface area (Å²) in [5.41, 5.74) is 2.36. The molecule has 3 rings (SSSR count). The maximum atomic E-state index is 12.8. The molecule has 0 spiro atoms. The standard InChI is InChI=1S/C25H31N5O3S/c1-6-30-23(22(16(2)3)27-24(32)18-12-10-17(4)11-13-18)28-29-25(30)34-15-21(31)26-19-8-7-9-20(14-19)33-5/h7-14,16,22H,6,15H2,1-5H3,(H,26,31)(H,27,32)/t22-/m0/s1. The first-order valence-electron chi connectivity index (χ1n) is 11.2. The number of rotatable bonds is 10. The Morgan fingerprint density at radius 1 is 1.12 bits per heavy atom. The molecule has 2 N–H and O–H groups in total. The molecule has 9 heteroatoms. The minimum atomic E-state index is -0.318. The van der Waals surface area contributed by atoms with E-state index in [2.05, 4.69) is 20.8 Å². The molecule has 3 aromatic rings. The number of amides is 2. The third-order valence-electron chi connectivity index (χ3n) is 5.29. The van der Waals surface area contributed by atoms with Crippen molar-refractivity contribution < 1.29 is 14.3 Å². The van der Waals surface area contributed by atoms with Gasteiger partial charge in [0.05, 0.1) is 18.9 Å². The van der Waals surface area contributed by atoms with Crippen molar-refractivity contribution in [2.75, 3.05) is 18.2 Å². The summed E-state index contributed by atoms with van der Waals surface area (Å²) in [5.74, 6) is 1.31. The number of nitrogens with zero attached hydrogens (tertiary/aromatic N) is 3. The predicted molar refractivity (Wildman–Crippen MR) is 134 cm³/mol. The van der Waals surface area contributed by atoms with E-state index in [1.807, 2.05) is 74.7 Å². The lowest BCUT2D eigenvalue weighted by Gasteiger charge is -2.22. The maximum Gasteiger partial charge on any atom is 0.251 e. The second-order valence-corrected chi connectivity index (χ2v) is 9.16. The molecular formula is C25H31N5O3S. The number of hydrogen-bond acceptors (Lipinski definition) is 6. The normalized spacial score (nSPS) is 11.8. The zero-order valence-corrected chi connectivity index (χ0v) is 21.0. The molecular weight excluding hydrogens is 450 g/mol. The van der Waals surface area contributed by atoms with Crippen molar-refractivity contribution >= 4 is 29.3 Å². The minimum Gasteiger partial charge on any atom is -0.497 e. The van der Waals surface area contributed by atoms with Crippen molar-refractivity contribution in [2.24, 2.45) is 5.92 Å². The summed E-state index contributed by atoms with van der Waals surface area (Å²) in [6, 6.07) is 14.3. The molecule has 180 valence electrons. The number of carbonyl (C=O) groups excluding carboxylic acids is 2. The number of ether oxygens (including phenoxy) is 1. The van der Waals surface area contributed by atoms with Crippen LogP contribution in [0, 0.1) is 12.8 Å². The fourth-order valence-electron chi connectivity index (χ4n) is 3.42. The van der Waals surface area contributed by atoms with E-state index in [1.165, 1.54) is 11.8 Å². The first kappa shape index (κ1) is 25.3. The van der Waals surface area contributed by atoms with E-state index in [9.17, 15) is 9.59 Å². The molecule has 1 heterocycles. The van der Waals surface area contributed by atoms with Gasteiger partial charge in [0.15, 0.2) is 11.0 Å². The van der Waals surface area contributed by atoms with Gasteiger partial charge in [-0.25, -0.2) is 0 Å². The van der Waals surface area contributed by atoms with Gasteiger partial charge in [-0.05, 0) is 44.0 Å². The Hall–Kier alpha value is -3.33. The highest BCUT2D eigenvalue weighted by atomic mass is 32.2. The van der Waals surface area contributed by atoms with Crippen molar-refractivity contribution in [1.82, 2.24) is 20.1 Å². The van der Waals surface area contributed by atoms with E-state index in [0.717, 1.165) is 5.56 Å². The van der Waals surface area contributed by atoms with Gasteiger partial charge in [-0.15, -0.1) is 10.2 Å². The summed E-state index contributed by atoms with van der Waals surface area (Å²) in [7, 11) is 1.58. The number of hydrogen-bond donors (Lipinski definition) is 2. The Kier molecular flexibility index (Phi) is 8.70. The van der Waals surface area contributed by atoms with Crippen LogP contribution >= 0.6 is 11.8 Å². The van der Waals surface area contributed by atoms with E-state index >= 15 is 0 Å². The van der Waals surface area contributed by atoms with Crippen LogP contribution in [0.4, 0.5) is 5.69 Å². The molecule has 1 atom stereocenters. The van der Waals surface area contributed by atoms with Crippen LogP contribution in [-0.4, -0.2) is 39.4 Å². The third kappa shape index (κ3) is 6.38. The molecule has 8 nitrogen and oxygen atoms in total. The van der Waals surface area contributed by atoms with Gasteiger partial charge in [-0.2, -0.15) is 0 Å². The second-order valence-electron chi connectivity index (χ2n) is 8.22. The predicted octanol–water partition coefficient (Wildman–Crippen LogP) is 4.47. The summed E-state index contributed by atoms with van der Waals surface area (Å²) in [6.45, 7) is 8.66. The largest absolute Gasteiger partial charge is 0.497 e. The number of carbonyl (C=O) groups is 2. The first-order chi connectivity index (χ1) is 16.3. The fourth-order valence-corrected chi connectivity index (χ4v) is 4.23. The molecule has 0 saturated heterocycles. The van der Waals surface area contributed by atoms with E-state index in [0.29, 0.717) is 34.5 Å². The first-order valence-corrected chi connectivity index (χ1v) is 12.2. The van der Waals surface area contributed by atoms with Gasteiger partial charge < -0.3 is 19.9 Å². The van der Waals surface area contributed by atoms with Crippen molar-refractivity contribution in [3.63, 3.8) is 0 Å². The highest BCUT2D eigenvalue weighted by Crippen LogP contribution is 2.26. The van der Waals surface area contributed by atoms with E-state index < -0.39 is 0 Å². The molecule has 2 aromatic carbocycles. The monoisotopic (exact) mass is 481 g/mol. The lowest BCUT2D eigenvalue weighted by Crippen LogP contribution is -2.33. The number of aryl methyl sites for hydroxylation is 1. The second kappa shape index (κ2) is 11.7. The lowest BCUT2D eigenvalue weighted by molar-refractivity contribution is -0.113. The molecule has 2 amide bonds. The van der Waals surface area contributed by atoms with Crippen LogP contribution in [0.5, 0.6) is 5.75 Å². The SMILES string of the molecule is CCn1c(SCC(=O)Nc2cccc(OC)c2)nnc1[C@@H](NC(=O)c1ccc(C)cc1)C(C)C. The van der Waals surface area contributed by atoms with Gasteiger partial charge >= 0.3 is 0 Å². The maximum absolute atomic E-state index is 12.8. The molecule has 0 saturated carbocycles. The molecule has 0 aliphatic heterocycles. The number of thioether (sulfide) groups is 1. The summed E-state index contributed by atoms with van der Waals surface area (Å²) < 4.78 is 7.14. The molecule has 1 aromatic heterocycles. The third-order valence-corrected chi connectivity index (χ3v) is 6.26. The van der Waals surface area contributed by atoms with Crippen LogP contribution in [0.2, 0.25) is 0 Å². The molecule has 0 unspecified atom stereocenters. The summed E-state index contributed by atoms with van der Waals surface area (Å²) in [6.07, 6.45) is 0. The highest BCUT2D eigenvalue weighted by molar-refractivity contribution is 7.99. The van der Waals surface area contributed by atoms with Gasteiger partial charge in [-0.1, -0.05) is 49.4 Å². The van der Waals surface area contributed by atoms with Crippen molar-refractivity contribution in [1.29, 1.82) is 0 Å². The van der Waals surface area contributed by atoms with Crippen LogP contribution in [0.1, 0.15) is 48.6 Å². The van der Waals surface area contributed by atoms with Crippen molar-refractivity contribution in [3.8, 4) is 5.75 Å². The number of benzene rings is 2. The average Bonchev–Trinajstić information content (AvgIpc) is 3.23. The number of aromatic nitrogens is 3. The zero-order chi connectivity index (χ0) is 24.7. The topological polar surface area (TPSA) is 98.1 Å². The molecule has 0 aliphatic carbocycles. The van der Waals surface area contributed by atoms with Gasteiger partial charge in [-0.3, -0.25) is 9.59 Å². The Labute approximate surface area is 204 Å². The number of anilines is 1. The Balaban J connectivity index is 1.70. The Morgan fingerprint density at radius 3 is 2.50 bits per heavy atom. The molecule has 0 radical (unpaired) electrons. The molecule has 0 bridgehead atoms. The fraction of sp³-hybridized carbons (Fsp3) is 0.360. The summed E-state index contributed by atoms with van der Waals surface area (Å²) >= 11 is 1.31. The highest BCUT2D eigenvalue weighted by Gasteiger charge is 2.26. The van der Waals surface area contributed by atoms with Gasteiger partial charge in [0.1, 0.15) is 5.75 Å². The van der Waals surface area contributed by atoms with Gasteiger partial charge in [0, 0.05) is 23.9 Å². The number of nitrogens with one attached hydrogen (secondary N) is 2. The quantitative estimate of drug-likeness (QED) is 0.415. The smallest absolute Gasteiger partial charge is 0.251 e. The van der Waals surface area contributed by atoms with Gasteiger partial charge in [0.2, 0.25) is 5.91 Å². The summed E-state index contributed by atoms with van der Waals surface area (Å²) in [5, 5.41) is 15.3. The van der Waals surface area contributed by atoms with Gasteiger partial charge in [0.25, 0.3) is 5.91 Å². The molecule has 0 aliphatic rings. The number of methoxy groups -OCH3 is 1. The molecule has 34 heavy (non-hydrogen) atoms. The van der Waals surface area contributed by atoms with Crippen LogP contribution < -0.4 is 15.4 Å². The van der Waals surface area contributed by atoms with Crippen LogP contribution in [-0.2, 0) is 11.3 Å². The summed E-state index contributed by atoms with van der Waals surface area (Å²) in [4.78, 5) is 25.3. The Bertz CT molecular complexity index is 1130. The van der Waals surface area contributed by atoms with E-state index in [-0.39, 0.29) is 29.5 Å². The minimum absolute atomic E-state index is 0.0955. The van der Waals surface area contributed by atoms with Crippen LogP contribution in [0.25, 0.3) is 0 Å². The van der Waals surface area contributed by atoms with Crippen LogP contribution in [0.15, 0.2) is 53.7 Å². The van der Waals surface area contributed by atoms with Crippen molar-refractivity contribution in [3.05, 3.63) is 65.5 Å². The van der Waals surface area contributed by atoms with E-state index in [1.54, 1.807) is 13.2 Å². The van der Waals surface area contributed by atoms with E-state index in [4.69, 9.17) is 4.74 Å². The lowest BCUT2D eigenvalue weighted by atomic mass is 10.0. The molecule has 0 fully saturated rings. The van der Waals surface area contributed by atoms with Crippen molar-refractivity contribution in [2.45, 2.75) is 45.4 Å².